The number of nitrogens with one attached hydrogen (secondary N) is 1. The van der Waals surface area contributed by atoms with E-state index in [1.165, 1.54) is 0 Å². The number of nitrogens with zero attached hydrogens (tertiary/aromatic N) is 6. The number of methoxy groups -OCH3 is 2. The van der Waals surface area contributed by atoms with Crippen LogP contribution in [0.15, 0.2) is 41.7 Å². The molecule has 0 atom stereocenters. The zero-order valence-electron chi connectivity index (χ0n) is 20.0. The van der Waals surface area contributed by atoms with Gasteiger partial charge in [-0.3, -0.25) is 9.89 Å². The number of hydrogen-bond donors (Lipinski definition) is 1. The van der Waals surface area contributed by atoms with E-state index >= 15 is 0 Å². The minimum Gasteiger partial charge on any atom is -0.497 e. The van der Waals surface area contributed by atoms with Crippen molar-refractivity contribution in [1.29, 1.82) is 0 Å². The van der Waals surface area contributed by atoms with Gasteiger partial charge in [0.05, 0.1) is 20.8 Å². The highest BCUT2D eigenvalue weighted by Gasteiger charge is 2.18. The topological polar surface area (TPSA) is 78.4 Å². The van der Waals surface area contributed by atoms with Crippen molar-refractivity contribution in [2.75, 3.05) is 72.0 Å². The van der Waals surface area contributed by atoms with E-state index in [9.17, 15) is 0 Å². The smallest absolute Gasteiger partial charge is 0.225 e. The number of ether oxygens (including phenoxy) is 2. The molecule has 1 N–H and O–H groups in total. The number of aromatic nitrogens is 2. The third-order valence-corrected chi connectivity index (χ3v) is 5.48. The highest BCUT2D eigenvalue weighted by molar-refractivity contribution is 14.0. The van der Waals surface area contributed by atoms with Gasteiger partial charge in [0, 0.05) is 76.9 Å². The molecule has 33 heavy (non-hydrogen) atoms. The SMILES string of the molecule is CCNC(=NCCN1CCN(c2ncccn2)CC1)N(C)Cc1ccc(OC)cc1OC.I. The molecular weight excluding hydrogens is 533 g/mol. The number of benzene rings is 1. The summed E-state index contributed by atoms with van der Waals surface area (Å²) in [5.41, 5.74) is 1.08. The average molecular weight is 569 g/mol. The van der Waals surface area contributed by atoms with E-state index in [4.69, 9.17) is 14.5 Å². The van der Waals surface area contributed by atoms with Gasteiger partial charge in [-0.25, -0.2) is 9.97 Å². The molecule has 10 heteroatoms. The number of anilines is 1. The fourth-order valence-electron chi connectivity index (χ4n) is 3.71. The van der Waals surface area contributed by atoms with Crippen molar-refractivity contribution in [3.8, 4) is 11.5 Å². The maximum absolute atomic E-state index is 5.54. The molecule has 0 aliphatic carbocycles. The fourth-order valence-corrected chi connectivity index (χ4v) is 3.71. The van der Waals surface area contributed by atoms with Crippen molar-refractivity contribution in [2.45, 2.75) is 13.5 Å². The molecule has 0 amide bonds. The Morgan fingerprint density at radius 3 is 2.48 bits per heavy atom. The second-order valence-corrected chi connectivity index (χ2v) is 7.65. The first-order valence-electron chi connectivity index (χ1n) is 11.1. The Morgan fingerprint density at radius 1 is 1.12 bits per heavy atom. The Balaban J connectivity index is 0.00000385. The minimum absolute atomic E-state index is 0. The van der Waals surface area contributed by atoms with E-state index in [1.54, 1.807) is 26.6 Å². The highest BCUT2D eigenvalue weighted by Crippen LogP contribution is 2.25. The summed E-state index contributed by atoms with van der Waals surface area (Å²) in [5.74, 6) is 3.30. The van der Waals surface area contributed by atoms with E-state index in [0.717, 1.165) is 74.8 Å². The molecule has 0 bridgehead atoms. The molecule has 0 spiro atoms. The van der Waals surface area contributed by atoms with Crippen LogP contribution in [0.4, 0.5) is 5.95 Å². The van der Waals surface area contributed by atoms with Gasteiger partial charge in [-0.2, -0.15) is 0 Å². The molecule has 2 heterocycles. The average Bonchev–Trinajstić information content (AvgIpc) is 2.84. The highest BCUT2D eigenvalue weighted by atomic mass is 127. The summed E-state index contributed by atoms with van der Waals surface area (Å²) in [5, 5.41) is 3.40. The Bertz CT molecular complexity index is 861. The van der Waals surface area contributed by atoms with Gasteiger partial charge >= 0.3 is 0 Å². The first-order chi connectivity index (χ1) is 15.6. The van der Waals surface area contributed by atoms with Gasteiger partial charge in [0.15, 0.2) is 5.96 Å². The van der Waals surface area contributed by atoms with Gasteiger partial charge in [0.2, 0.25) is 5.95 Å². The van der Waals surface area contributed by atoms with Crippen molar-refractivity contribution >= 4 is 35.9 Å². The lowest BCUT2D eigenvalue weighted by Gasteiger charge is -2.34. The summed E-state index contributed by atoms with van der Waals surface area (Å²) in [7, 11) is 5.39. The molecular formula is C23H36IN7O2. The summed E-state index contributed by atoms with van der Waals surface area (Å²) < 4.78 is 10.8. The standard InChI is InChI=1S/C23H35N7O2.HI/c1-5-24-22(28(2)18-19-7-8-20(31-3)17-21(19)32-4)27-11-12-29-13-15-30(16-14-29)23-25-9-6-10-26-23;/h6-10,17H,5,11-16,18H2,1-4H3,(H,24,27);1H. The van der Waals surface area contributed by atoms with E-state index in [0.29, 0.717) is 6.54 Å². The second kappa shape index (κ2) is 14.0. The van der Waals surface area contributed by atoms with Crippen LogP contribution in [0.2, 0.25) is 0 Å². The molecule has 0 unspecified atom stereocenters. The fraction of sp³-hybridized carbons (Fsp3) is 0.522. The first-order valence-corrected chi connectivity index (χ1v) is 11.1. The van der Waals surface area contributed by atoms with Crippen LogP contribution in [0, 0.1) is 0 Å². The molecule has 1 aliphatic heterocycles. The van der Waals surface area contributed by atoms with Crippen molar-refractivity contribution < 1.29 is 9.47 Å². The summed E-state index contributed by atoms with van der Waals surface area (Å²) in [6.07, 6.45) is 3.59. The Morgan fingerprint density at radius 2 is 1.85 bits per heavy atom. The monoisotopic (exact) mass is 569 g/mol. The van der Waals surface area contributed by atoms with E-state index in [1.807, 2.05) is 31.3 Å². The van der Waals surface area contributed by atoms with Crippen LogP contribution < -0.4 is 19.7 Å². The zero-order chi connectivity index (χ0) is 22.8. The molecule has 1 fully saturated rings. The summed E-state index contributed by atoms with van der Waals surface area (Å²) >= 11 is 0. The molecule has 1 aliphatic rings. The predicted octanol–water partition coefficient (Wildman–Crippen LogP) is 2.33. The third-order valence-electron chi connectivity index (χ3n) is 5.48. The molecule has 2 aromatic rings. The Kier molecular flexibility index (Phi) is 11.4. The maximum atomic E-state index is 5.54. The number of aliphatic imine (C=N–C) groups is 1. The Labute approximate surface area is 214 Å². The number of rotatable bonds is 9. The molecule has 1 saturated heterocycles. The van der Waals surface area contributed by atoms with Gasteiger partial charge in [-0.1, -0.05) is 0 Å². The maximum Gasteiger partial charge on any atom is 0.225 e. The van der Waals surface area contributed by atoms with Gasteiger partial charge in [-0.15, -0.1) is 24.0 Å². The van der Waals surface area contributed by atoms with Gasteiger partial charge in [-0.05, 0) is 25.1 Å². The quantitative estimate of drug-likeness (QED) is 0.280. The largest absolute Gasteiger partial charge is 0.497 e. The molecule has 3 rings (SSSR count). The lowest BCUT2D eigenvalue weighted by Crippen LogP contribution is -2.47. The lowest BCUT2D eigenvalue weighted by atomic mass is 10.2. The van der Waals surface area contributed by atoms with Crippen LogP contribution in [0.3, 0.4) is 0 Å². The van der Waals surface area contributed by atoms with Gasteiger partial charge in [0.1, 0.15) is 11.5 Å². The van der Waals surface area contributed by atoms with Crippen molar-refractivity contribution in [2.24, 2.45) is 4.99 Å². The Hall–Kier alpha value is -2.34. The number of guanidine groups is 1. The van der Waals surface area contributed by atoms with Crippen molar-refractivity contribution in [3.05, 3.63) is 42.2 Å². The number of hydrogen-bond acceptors (Lipinski definition) is 7. The third kappa shape index (κ3) is 7.88. The van der Waals surface area contributed by atoms with Gasteiger partial charge in [0.25, 0.3) is 0 Å². The molecule has 0 saturated carbocycles. The summed E-state index contributed by atoms with van der Waals surface area (Å²) in [6, 6.07) is 7.75. The van der Waals surface area contributed by atoms with Crippen LogP contribution in [0.5, 0.6) is 11.5 Å². The molecule has 0 radical (unpaired) electrons. The lowest BCUT2D eigenvalue weighted by molar-refractivity contribution is 0.263. The van der Waals surface area contributed by atoms with Crippen LogP contribution in [-0.4, -0.2) is 92.8 Å². The van der Waals surface area contributed by atoms with Crippen molar-refractivity contribution in [1.82, 2.24) is 25.1 Å². The summed E-state index contributed by atoms with van der Waals surface area (Å²) in [4.78, 5) is 20.4. The van der Waals surface area contributed by atoms with E-state index in [-0.39, 0.29) is 24.0 Å². The molecule has 9 nitrogen and oxygen atoms in total. The molecule has 1 aromatic heterocycles. The molecule has 1 aromatic carbocycles. The van der Waals surface area contributed by atoms with Crippen LogP contribution in [0.1, 0.15) is 12.5 Å². The second-order valence-electron chi connectivity index (χ2n) is 7.65. The number of piperazine rings is 1. The molecule has 182 valence electrons. The van der Waals surface area contributed by atoms with E-state index < -0.39 is 0 Å². The normalized spacial score (nSPS) is 14.4. The van der Waals surface area contributed by atoms with E-state index in [2.05, 4.69) is 36.9 Å². The summed E-state index contributed by atoms with van der Waals surface area (Å²) in [6.45, 7) is 9.12. The van der Waals surface area contributed by atoms with Gasteiger partial charge < -0.3 is 24.6 Å². The predicted molar refractivity (Wildman–Crippen MR) is 143 cm³/mol. The zero-order valence-corrected chi connectivity index (χ0v) is 22.4. The minimum atomic E-state index is 0. The first kappa shape index (κ1) is 26.9. The number of halogens is 1. The van der Waals surface area contributed by atoms with Crippen LogP contribution in [0.25, 0.3) is 0 Å². The van der Waals surface area contributed by atoms with Crippen molar-refractivity contribution in [3.63, 3.8) is 0 Å². The van der Waals surface area contributed by atoms with Crippen LogP contribution in [-0.2, 0) is 6.54 Å². The van der Waals surface area contributed by atoms with Crippen LogP contribution >= 0.6 is 24.0 Å².